The Hall–Kier alpha value is 2.00. The third kappa shape index (κ3) is 12.0. The Morgan fingerprint density at radius 1 is 1.25 bits per heavy atom. The average Bonchev–Trinajstić information content (AvgIpc) is 2.09. The van der Waals surface area contributed by atoms with Crippen molar-refractivity contribution in [3.8, 4) is 0 Å². The number of rotatable bonds is 0. The fraction of sp³-hybridized carbons (Fsp3) is 0.400. The Kier molecular flexibility index (Phi) is 7.56. The van der Waals surface area contributed by atoms with Gasteiger partial charge in [-0.15, -0.1) is 0 Å². The van der Waals surface area contributed by atoms with Gasteiger partial charge in [-0.25, -0.2) is 9.13 Å². The zero-order valence-electron chi connectivity index (χ0n) is 6.72. The Labute approximate surface area is 100 Å². The molecule has 70 valence electrons. The Balaban J connectivity index is 0.000000217. The van der Waals surface area contributed by atoms with Gasteiger partial charge < -0.3 is 0 Å². The molecule has 1 heterocycles. The molecule has 0 spiro atoms. The van der Waals surface area contributed by atoms with Crippen LogP contribution in [0.15, 0.2) is 18.7 Å². The van der Waals surface area contributed by atoms with Gasteiger partial charge in [0.05, 0.1) is 14.1 Å². The normalized spacial score (nSPS) is 10.5. The molecule has 7 heteroatoms. The summed E-state index contributed by atoms with van der Waals surface area (Å²) >= 11 is 13.4. The molecule has 0 amide bonds. The maximum absolute atomic E-state index is 3.34. The van der Waals surface area contributed by atoms with Crippen LogP contribution in [0.1, 0.15) is 0 Å². The van der Waals surface area contributed by atoms with Crippen LogP contribution < -0.4 is 4.57 Å². The molecular weight excluding hydrogens is 523 g/mol. The summed E-state index contributed by atoms with van der Waals surface area (Å²) in [6.07, 6.45) is 6.00. The second kappa shape index (κ2) is 6.48. The van der Waals surface area contributed by atoms with Gasteiger partial charge in [-0.1, -0.05) is 0 Å². The van der Waals surface area contributed by atoms with E-state index in [-0.39, 0.29) is 0 Å². The number of hydrogen-bond acceptors (Lipinski definition) is 0. The van der Waals surface area contributed by atoms with E-state index < -0.39 is 10.7 Å². The van der Waals surface area contributed by atoms with Gasteiger partial charge in [0.1, 0.15) is 12.4 Å². The first-order valence-electron chi connectivity index (χ1n) is 3.13. The molecule has 12 heavy (non-hydrogen) atoms. The van der Waals surface area contributed by atoms with Crippen molar-refractivity contribution >= 4 is 59.8 Å². The summed E-state index contributed by atoms with van der Waals surface area (Å²) in [6.45, 7) is 0. The van der Waals surface area contributed by atoms with Crippen molar-refractivity contribution in [2.45, 2.75) is 0 Å². The van der Waals surface area contributed by atoms with E-state index in [2.05, 4.69) is 49.2 Å². The van der Waals surface area contributed by atoms with Crippen LogP contribution >= 0.6 is 49.2 Å². The standard InChI is InChI=1S/C5H9N2.4BrH.In/c1-6-3-4-7(2)5-6;;;;;/h3-5H,1-2H3;4*1H;/q+1;;;;;+3/p-4. The molecule has 0 fully saturated rings. The molecule has 0 unspecified atom stereocenters. The van der Waals surface area contributed by atoms with Crippen molar-refractivity contribution in [2.24, 2.45) is 14.1 Å². The number of aryl methyl sites for hydroxylation is 2. The van der Waals surface area contributed by atoms with Crippen LogP contribution in [0.4, 0.5) is 0 Å². The van der Waals surface area contributed by atoms with Gasteiger partial charge in [0.15, 0.2) is 0 Å². The summed E-state index contributed by atoms with van der Waals surface area (Å²) in [7, 11) is 1.99. The molecular formula is C5H9Br4InN2. The topological polar surface area (TPSA) is 8.81 Å². The third-order valence-electron chi connectivity index (χ3n) is 0.901. The van der Waals surface area contributed by atoms with Crippen molar-refractivity contribution in [1.82, 2.24) is 4.57 Å². The second-order valence-corrected chi connectivity index (χ2v) is 91.4. The first-order chi connectivity index (χ1) is 5.29. The zero-order valence-corrected chi connectivity index (χ0v) is 16.4. The van der Waals surface area contributed by atoms with Crippen LogP contribution in [0.3, 0.4) is 0 Å². The van der Waals surface area contributed by atoms with Gasteiger partial charge in [0.2, 0.25) is 6.33 Å². The molecule has 1 rings (SSSR count). The van der Waals surface area contributed by atoms with Crippen LogP contribution in [0.2, 0.25) is 0 Å². The third-order valence-corrected chi connectivity index (χ3v) is 0.901. The van der Waals surface area contributed by atoms with Gasteiger partial charge >= 0.3 is 59.8 Å². The Morgan fingerprint density at radius 2 is 1.67 bits per heavy atom. The molecule has 0 atom stereocenters. The molecule has 0 aliphatic carbocycles. The fourth-order valence-electron chi connectivity index (χ4n) is 0.575. The molecule has 0 aliphatic rings. The molecule has 0 bridgehead atoms. The molecule has 0 aromatic carbocycles. The summed E-state index contributed by atoms with van der Waals surface area (Å²) < 4.78 is 4.00. The van der Waals surface area contributed by atoms with Crippen molar-refractivity contribution in [2.75, 3.05) is 0 Å². The molecule has 0 saturated carbocycles. The molecule has 2 nitrogen and oxygen atoms in total. The predicted molar refractivity (Wildman–Crippen MR) is 68.1 cm³/mol. The monoisotopic (exact) mass is 528 g/mol. The van der Waals surface area contributed by atoms with E-state index in [1.54, 1.807) is 0 Å². The molecule has 0 radical (unpaired) electrons. The molecule has 0 N–H and O–H groups in total. The molecule has 1 aromatic rings. The van der Waals surface area contributed by atoms with Gasteiger partial charge in [0.25, 0.3) is 0 Å². The summed E-state index contributed by atoms with van der Waals surface area (Å²) in [5.74, 6) is 0. The fourth-order valence-corrected chi connectivity index (χ4v) is 0.575. The van der Waals surface area contributed by atoms with E-state index >= 15 is 0 Å². The number of hydrogen-bond donors (Lipinski definition) is 0. The average molecular weight is 532 g/mol. The Bertz CT molecular complexity index is 209. The minimum atomic E-state index is -2.01. The molecule has 0 aliphatic heterocycles. The van der Waals surface area contributed by atoms with Crippen molar-refractivity contribution < 1.29 is 4.57 Å². The van der Waals surface area contributed by atoms with Crippen molar-refractivity contribution in [3.05, 3.63) is 18.7 Å². The van der Waals surface area contributed by atoms with Crippen molar-refractivity contribution in [3.63, 3.8) is 0 Å². The molecule has 0 saturated heterocycles. The van der Waals surface area contributed by atoms with Gasteiger partial charge in [-0.3, -0.25) is 0 Å². The van der Waals surface area contributed by atoms with Crippen LogP contribution in [0, 0.1) is 0 Å². The number of aromatic nitrogens is 2. The van der Waals surface area contributed by atoms with Crippen LogP contribution in [0.25, 0.3) is 0 Å². The summed E-state index contributed by atoms with van der Waals surface area (Å²) in [4.78, 5) is 0. The van der Waals surface area contributed by atoms with E-state index in [0.29, 0.717) is 0 Å². The van der Waals surface area contributed by atoms with Crippen LogP contribution in [0.5, 0.6) is 0 Å². The van der Waals surface area contributed by atoms with Gasteiger partial charge in [-0.05, 0) is 0 Å². The van der Waals surface area contributed by atoms with Crippen LogP contribution in [-0.4, -0.2) is 15.2 Å². The van der Waals surface area contributed by atoms with E-state index in [1.807, 2.05) is 42.0 Å². The number of nitrogens with zero attached hydrogens (tertiary/aromatic N) is 2. The summed E-state index contributed by atoms with van der Waals surface area (Å²) in [5, 5.41) is 0. The van der Waals surface area contributed by atoms with Crippen molar-refractivity contribution in [1.29, 1.82) is 0 Å². The van der Waals surface area contributed by atoms with E-state index in [4.69, 9.17) is 0 Å². The predicted octanol–water partition coefficient (Wildman–Crippen LogP) is 2.85. The molecule has 1 aromatic heterocycles. The summed E-state index contributed by atoms with van der Waals surface area (Å²) in [6, 6.07) is 0. The summed E-state index contributed by atoms with van der Waals surface area (Å²) in [5.41, 5.74) is 0. The maximum atomic E-state index is 3.34. The number of halogens is 4. The Morgan fingerprint density at radius 3 is 1.75 bits per heavy atom. The number of imidazole rings is 1. The first kappa shape index (κ1) is 14.0. The minimum absolute atomic E-state index is 2.00. The van der Waals surface area contributed by atoms with Gasteiger partial charge in [-0.2, -0.15) is 0 Å². The second-order valence-electron chi connectivity index (χ2n) is 2.24. The van der Waals surface area contributed by atoms with Crippen LogP contribution in [-0.2, 0) is 14.1 Å². The van der Waals surface area contributed by atoms with E-state index in [0.717, 1.165) is 0 Å². The quantitative estimate of drug-likeness (QED) is 0.456. The van der Waals surface area contributed by atoms with E-state index in [1.165, 1.54) is 0 Å². The first-order valence-corrected chi connectivity index (χ1v) is 32.7. The van der Waals surface area contributed by atoms with Gasteiger partial charge in [0, 0.05) is 0 Å². The zero-order chi connectivity index (χ0) is 9.78. The SMILES string of the molecule is Cn1cc[n+](C)c1.[Br][In-]([Br])([Br])[Br]. The van der Waals surface area contributed by atoms with E-state index in [9.17, 15) is 0 Å².